The molecule has 2 aromatic rings. The van der Waals surface area contributed by atoms with E-state index in [1.807, 2.05) is 30.3 Å². The van der Waals surface area contributed by atoms with Crippen LogP contribution in [0.5, 0.6) is 0 Å². The number of hydrogen-bond acceptors (Lipinski definition) is 4. The minimum Gasteiger partial charge on any atom is -0.459 e. The average Bonchev–Trinajstić information content (AvgIpc) is 2.98. The van der Waals surface area contributed by atoms with Crippen molar-refractivity contribution < 1.29 is 9.53 Å². The Kier molecular flexibility index (Phi) is 4.73. The van der Waals surface area contributed by atoms with Gasteiger partial charge in [0.2, 0.25) is 0 Å². The van der Waals surface area contributed by atoms with E-state index in [1.54, 1.807) is 11.8 Å². The summed E-state index contributed by atoms with van der Waals surface area (Å²) < 4.78 is 7.31. The van der Waals surface area contributed by atoms with Crippen LogP contribution in [-0.4, -0.2) is 21.3 Å². The monoisotopic (exact) mass is 310 g/mol. The average molecular weight is 311 g/mol. The third-order valence-corrected chi connectivity index (χ3v) is 4.00. The van der Waals surface area contributed by atoms with Gasteiger partial charge in [0.05, 0.1) is 11.4 Å². The van der Waals surface area contributed by atoms with Gasteiger partial charge in [0.15, 0.2) is 5.16 Å². The largest absolute Gasteiger partial charge is 0.459 e. The van der Waals surface area contributed by atoms with Crippen LogP contribution in [-0.2, 0) is 22.7 Å². The van der Waals surface area contributed by atoms with Gasteiger partial charge in [-0.25, -0.2) is 4.98 Å². The van der Waals surface area contributed by atoms with E-state index in [4.69, 9.17) is 4.74 Å². The third kappa shape index (κ3) is 2.83. The van der Waals surface area contributed by atoms with Crippen LogP contribution < -0.4 is 0 Å². The van der Waals surface area contributed by atoms with Gasteiger partial charge in [0.1, 0.15) is 6.61 Å². The molecule has 1 aromatic carbocycles. The highest BCUT2D eigenvalue weighted by molar-refractivity contribution is 7.99. The van der Waals surface area contributed by atoms with Gasteiger partial charge >= 0.3 is 5.97 Å². The number of carbonyl (C=O) groups excluding carboxylic acids is 1. The van der Waals surface area contributed by atoms with Crippen LogP contribution in [0, 0.1) is 0 Å². The number of carbonyl (C=O) groups is 1. The summed E-state index contributed by atoms with van der Waals surface area (Å²) in [6.07, 6.45) is 0. The summed E-state index contributed by atoms with van der Waals surface area (Å²) in [5.41, 5.74) is 2.97. The molecule has 0 amide bonds. The van der Waals surface area contributed by atoms with Crippen molar-refractivity contribution in [2.75, 3.05) is 5.75 Å². The molecule has 20 heavy (non-hydrogen) atoms. The molecule has 0 N–H and O–H groups in total. The standard InChI is InChI=1S/C14H14N2O2S.ClH/c1-10(17)18-9-12-13(11-5-3-2-4-6-11)15-14-16(12)7-8-19-14;/h2-6H,7-9H2,1H3;1H. The Morgan fingerprint density at radius 3 is 2.85 bits per heavy atom. The van der Waals surface area contributed by atoms with Crippen LogP contribution in [0.15, 0.2) is 35.5 Å². The van der Waals surface area contributed by atoms with Crippen molar-refractivity contribution >= 4 is 30.1 Å². The smallest absolute Gasteiger partial charge is 0.303 e. The quantitative estimate of drug-likeness (QED) is 0.817. The molecule has 0 spiro atoms. The molecule has 0 fully saturated rings. The van der Waals surface area contributed by atoms with Gasteiger partial charge in [0, 0.05) is 24.8 Å². The van der Waals surface area contributed by atoms with Gasteiger partial charge in [-0.2, -0.15) is 0 Å². The second-order valence-corrected chi connectivity index (χ2v) is 5.40. The molecule has 1 aliphatic rings. The van der Waals surface area contributed by atoms with Crippen molar-refractivity contribution in [1.29, 1.82) is 0 Å². The number of ether oxygens (including phenoxy) is 1. The highest BCUT2D eigenvalue weighted by Gasteiger charge is 2.22. The molecule has 0 bridgehead atoms. The summed E-state index contributed by atoms with van der Waals surface area (Å²) in [7, 11) is 0. The van der Waals surface area contributed by atoms with Gasteiger partial charge in [-0.3, -0.25) is 4.79 Å². The molecule has 0 saturated heterocycles. The van der Waals surface area contributed by atoms with Gasteiger partial charge in [0.25, 0.3) is 0 Å². The molecular weight excluding hydrogens is 296 g/mol. The number of aromatic nitrogens is 2. The maximum Gasteiger partial charge on any atom is 0.303 e. The maximum atomic E-state index is 11.0. The van der Waals surface area contributed by atoms with Crippen molar-refractivity contribution in [3.8, 4) is 11.3 Å². The topological polar surface area (TPSA) is 44.1 Å². The first-order valence-corrected chi connectivity index (χ1v) is 7.15. The molecular formula is C14H15ClN2O2S. The molecule has 0 unspecified atom stereocenters. The Hall–Kier alpha value is -1.46. The Labute approximate surface area is 127 Å². The van der Waals surface area contributed by atoms with E-state index in [9.17, 15) is 4.79 Å². The van der Waals surface area contributed by atoms with Crippen LogP contribution in [0.2, 0.25) is 0 Å². The fourth-order valence-corrected chi connectivity index (χ4v) is 3.15. The normalized spacial score (nSPS) is 12.7. The molecule has 106 valence electrons. The van der Waals surface area contributed by atoms with E-state index in [1.165, 1.54) is 6.92 Å². The van der Waals surface area contributed by atoms with E-state index >= 15 is 0 Å². The molecule has 0 atom stereocenters. The summed E-state index contributed by atoms with van der Waals surface area (Å²) >= 11 is 1.74. The highest BCUT2D eigenvalue weighted by atomic mass is 35.5. The first kappa shape index (κ1) is 14.9. The number of rotatable bonds is 3. The summed E-state index contributed by atoms with van der Waals surface area (Å²) in [5, 5.41) is 1.01. The summed E-state index contributed by atoms with van der Waals surface area (Å²) in [6.45, 7) is 2.64. The lowest BCUT2D eigenvalue weighted by Crippen LogP contribution is -2.06. The van der Waals surface area contributed by atoms with Crippen LogP contribution >= 0.6 is 24.2 Å². The molecule has 3 rings (SSSR count). The Balaban J connectivity index is 0.00000147. The van der Waals surface area contributed by atoms with Crippen molar-refractivity contribution in [3.05, 3.63) is 36.0 Å². The lowest BCUT2D eigenvalue weighted by Gasteiger charge is -2.07. The predicted octanol–water partition coefficient (Wildman–Crippen LogP) is 3.14. The highest BCUT2D eigenvalue weighted by Crippen LogP contribution is 2.33. The zero-order valence-electron chi connectivity index (χ0n) is 11.0. The number of imidazole rings is 1. The van der Waals surface area contributed by atoms with Crippen LogP contribution in [0.25, 0.3) is 11.3 Å². The summed E-state index contributed by atoms with van der Waals surface area (Å²) in [6, 6.07) is 10.0. The molecule has 4 nitrogen and oxygen atoms in total. The van der Waals surface area contributed by atoms with Gasteiger partial charge in [-0.15, -0.1) is 12.4 Å². The Morgan fingerprint density at radius 1 is 1.40 bits per heavy atom. The Morgan fingerprint density at radius 2 is 2.15 bits per heavy atom. The number of benzene rings is 1. The number of halogens is 1. The lowest BCUT2D eigenvalue weighted by atomic mass is 10.1. The second-order valence-electron chi connectivity index (χ2n) is 4.34. The van der Waals surface area contributed by atoms with E-state index in [0.717, 1.165) is 34.4 Å². The van der Waals surface area contributed by atoms with Crippen LogP contribution in [0.1, 0.15) is 12.6 Å². The number of nitrogens with zero attached hydrogens (tertiary/aromatic N) is 2. The molecule has 0 aliphatic carbocycles. The van der Waals surface area contributed by atoms with E-state index in [-0.39, 0.29) is 25.0 Å². The fraction of sp³-hybridized carbons (Fsp3) is 0.286. The maximum absolute atomic E-state index is 11.0. The second kappa shape index (κ2) is 6.33. The number of fused-ring (bicyclic) bond motifs is 1. The van der Waals surface area contributed by atoms with Crippen molar-refractivity contribution in [1.82, 2.24) is 9.55 Å². The number of hydrogen-bond donors (Lipinski definition) is 0. The molecule has 2 heterocycles. The first-order chi connectivity index (χ1) is 9.25. The Bertz CT molecular complexity index is 613. The van der Waals surface area contributed by atoms with E-state index < -0.39 is 0 Å². The third-order valence-electron chi connectivity index (χ3n) is 3.04. The molecule has 6 heteroatoms. The zero-order chi connectivity index (χ0) is 13.2. The number of thioether (sulfide) groups is 1. The summed E-state index contributed by atoms with van der Waals surface area (Å²) in [5.74, 6) is 0.769. The van der Waals surface area contributed by atoms with Crippen molar-refractivity contribution in [2.24, 2.45) is 0 Å². The molecule has 1 aromatic heterocycles. The fourth-order valence-electron chi connectivity index (χ4n) is 2.18. The van der Waals surface area contributed by atoms with Gasteiger partial charge in [-0.05, 0) is 0 Å². The van der Waals surface area contributed by atoms with Gasteiger partial charge < -0.3 is 9.30 Å². The minimum atomic E-state index is -0.264. The van der Waals surface area contributed by atoms with E-state index in [0.29, 0.717) is 0 Å². The van der Waals surface area contributed by atoms with Crippen molar-refractivity contribution in [2.45, 2.75) is 25.2 Å². The first-order valence-electron chi connectivity index (χ1n) is 6.16. The SMILES string of the molecule is CC(=O)OCc1c(-c2ccccc2)nc2n1CCS2.Cl. The lowest BCUT2D eigenvalue weighted by molar-refractivity contribution is -0.142. The predicted molar refractivity (Wildman–Crippen MR) is 81.1 cm³/mol. The van der Waals surface area contributed by atoms with E-state index in [2.05, 4.69) is 9.55 Å². The summed E-state index contributed by atoms with van der Waals surface area (Å²) in [4.78, 5) is 15.7. The molecule has 0 saturated carbocycles. The minimum absolute atomic E-state index is 0. The zero-order valence-corrected chi connectivity index (χ0v) is 12.7. The van der Waals surface area contributed by atoms with Crippen LogP contribution in [0.4, 0.5) is 0 Å². The number of esters is 1. The van der Waals surface area contributed by atoms with Gasteiger partial charge in [-0.1, -0.05) is 42.1 Å². The van der Waals surface area contributed by atoms with Crippen LogP contribution in [0.3, 0.4) is 0 Å². The molecule has 0 radical (unpaired) electrons. The molecule has 1 aliphatic heterocycles. The van der Waals surface area contributed by atoms with Crippen molar-refractivity contribution in [3.63, 3.8) is 0 Å².